The molecule has 3 atom stereocenters. The number of rotatable bonds is 20. The fourth-order valence-electron chi connectivity index (χ4n) is 5.04. The molecule has 0 aliphatic rings. The highest BCUT2D eigenvalue weighted by Gasteiger charge is 2.48. The first-order valence-electron chi connectivity index (χ1n) is 16.5. The van der Waals surface area contributed by atoms with Gasteiger partial charge in [0.25, 0.3) is 4.39 Å². The molecule has 3 unspecified atom stereocenters. The summed E-state index contributed by atoms with van der Waals surface area (Å²) < 4.78 is 12.1. The van der Waals surface area contributed by atoms with Gasteiger partial charge in [0, 0.05) is 22.9 Å². The van der Waals surface area contributed by atoms with Crippen molar-refractivity contribution in [2.45, 2.75) is 85.2 Å². The van der Waals surface area contributed by atoms with Crippen LogP contribution in [0.1, 0.15) is 61.3 Å². The largest absolute Gasteiger partial charge is 0.465 e. The number of ether oxygens (including phenoxy) is 2. The molecule has 0 heterocycles. The van der Waals surface area contributed by atoms with Gasteiger partial charge in [-0.3, -0.25) is 0 Å². The van der Waals surface area contributed by atoms with Gasteiger partial charge < -0.3 is 14.8 Å². The maximum Gasteiger partial charge on any atom is 0.292 e. The van der Waals surface area contributed by atoms with Gasteiger partial charge in [-0.15, -0.1) is 0 Å². The van der Waals surface area contributed by atoms with Crippen molar-refractivity contribution >= 4 is 100 Å². The molecule has 0 aromatic heterocycles. The molecule has 0 radical (unpaired) electrons. The van der Waals surface area contributed by atoms with E-state index in [1.54, 1.807) is 34.9 Å². The lowest BCUT2D eigenvalue weighted by Crippen LogP contribution is -2.53. The Morgan fingerprint density at radius 2 is 1.10 bits per heavy atom. The van der Waals surface area contributed by atoms with Crippen LogP contribution in [0.2, 0.25) is 0 Å². The van der Waals surface area contributed by atoms with Crippen LogP contribution in [-0.2, 0) is 23.6 Å². The Hall–Kier alpha value is -1.19. The van der Waals surface area contributed by atoms with Crippen molar-refractivity contribution in [2.75, 3.05) is 0 Å². The van der Waals surface area contributed by atoms with E-state index >= 15 is 0 Å². The van der Waals surface area contributed by atoms with Crippen molar-refractivity contribution in [3.8, 4) is 11.5 Å². The molecule has 0 fully saturated rings. The topological polar surface area (TPSA) is 30.5 Å². The molecule has 4 aromatic carbocycles. The van der Waals surface area contributed by atoms with Crippen molar-refractivity contribution in [1.29, 1.82) is 0 Å². The Kier molecular flexibility index (Phi) is 17.4. The fourth-order valence-corrected chi connectivity index (χ4v) is 15.1. The average molecular weight is 832 g/mol. The zero-order chi connectivity index (χ0) is 36.0. The fraction of sp³-hybridized carbons (Fsp3) is 0.342. The number of thioether (sulfide) groups is 2. The first-order valence-corrected chi connectivity index (χ1v) is 25.2. The van der Waals surface area contributed by atoms with Gasteiger partial charge >= 0.3 is 0 Å². The summed E-state index contributed by atoms with van der Waals surface area (Å²) in [6.45, 7) is 12.0. The zero-order valence-electron chi connectivity index (χ0n) is 28.9. The molecule has 3 nitrogen and oxygen atoms in total. The van der Waals surface area contributed by atoms with E-state index in [0.717, 1.165) is 59.0 Å². The average Bonchev–Trinajstić information content (AvgIpc) is 3.09. The van der Waals surface area contributed by atoms with Gasteiger partial charge in [0.1, 0.15) is 11.5 Å². The zero-order valence-corrected chi connectivity index (χ0v) is 36.4. The second-order valence-electron chi connectivity index (χ2n) is 12.0. The predicted molar refractivity (Wildman–Crippen MR) is 235 cm³/mol. The van der Waals surface area contributed by atoms with E-state index in [4.69, 9.17) is 45.3 Å². The number of hydrogen-bond acceptors (Lipinski definition) is 9. The molecule has 0 aliphatic heterocycles. The highest BCUT2D eigenvalue weighted by atomic mass is 32.9. The molecule has 0 saturated carbocycles. The molecule has 4 aromatic rings. The lowest BCUT2D eigenvalue weighted by atomic mass is 10.0. The van der Waals surface area contributed by atoms with Gasteiger partial charge in [-0.25, -0.2) is 0 Å². The second-order valence-corrected chi connectivity index (χ2v) is 22.0. The van der Waals surface area contributed by atoms with E-state index in [0.29, 0.717) is 18.1 Å². The van der Waals surface area contributed by atoms with Gasteiger partial charge in [-0.05, 0) is 141 Å². The SMILES string of the molecule is CCCCCCC(C(=S)NC(Oc1ccc(C)cc1)(SP=S)Sc1ccc(C)cc1)C(Oc1ccc(C)cc1)(SP=S)Sc1ccc(C)cc1. The summed E-state index contributed by atoms with van der Waals surface area (Å²) in [4.78, 5) is 2.78. The molecule has 0 saturated heterocycles. The molecule has 0 aliphatic carbocycles. The van der Waals surface area contributed by atoms with Gasteiger partial charge in [-0.2, -0.15) is 0 Å². The molecule has 4 rings (SSSR count). The minimum absolute atomic E-state index is 0.246. The number of aryl methyl sites for hydroxylation is 4. The predicted octanol–water partition coefficient (Wildman–Crippen LogP) is 13.8. The van der Waals surface area contributed by atoms with Crippen molar-refractivity contribution in [2.24, 2.45) is 5.92 Å². The summed E-state index contributed by atoms with van der Waals surface area (Å²) in [5.41, 5.74) is 4.72. The summed E-state index contributed by atoms with van der Waals surface area (Å²) in [5.74, 6) is 1.26. The van der Waals surface area contributed by atoms with Crippen molar-refractivity contribution in [1.82, 2.24) is 5.32 Å². The van der Waals surface area contributed by atoms with Crippen LogP contribution < -0.4 is 14.8 Å². The van der Waals surface area contributed by atoms with Crippen LogP contribution in [0.25, 0.3) is 0 Å². The summed E-state index contributed by atoms with van der Waals surface area (Å²) in [5, 5.41) is 3.77. The monoisotopic (exact) mass is 831 g/mol. The van der Waals surface area contributed by atoms with Crippen LogP contribution in [0.3, 0.4) is 0 Å². The molecule has 50 heavy (non-hydrogen) atoms. The highest BCUT2D eigenvalue weighted by Crippen LogP contribution is 2.55. The maximum absolute atomic E-state index is 7.16. The summed E-state index contributed by atoms with van der Waals surface area (Å²) in [6.07, 6.45) is 5.20. The van der Waals surface area contributed by atoms with Crippen LogP contribution in [0, 0.1) is 33.6 Å². The van der Waals surface area contributed by atoms with Gasteiger partial charge in [0.2, 0.25) is 4.27 Å². The summed E-state index contributed by atoms with van der Waals surface area (Å²) >= 11 is 24.2. The van der Waals surface area contributed by atoms with Crippen LogP contribution in [-0.4, -0.2) is 13.6 Å². The normalized spacial score (nSPS) is 14.4. The molecule has 0 bridgehead atoms. The third-order valence-corrected chi connectivity index (χ3v) is 16.6. The van der Waals surface area contributed by atoms with E-state index in [2.05, 4.69) is 113 Å². The Morgan fingerprint density at radius 1 is 0.640 bits per heavy atom. The number of unbranched alkanes of at least 4 members (excludes halogenated alkanes) is 3. The van der Waals surface area contributed by atoms with Crippen LogP contribution >= 0.6 is 71.6 Å². The third kappa shape index (κ3) is 12.7. The molecule has 12 heteroatoms. The summed E-state index contributed by atoms with van der Waals surface area (Å²) in [7, 11) is 0. The number of thiocarbonyl (C=S) groups is 1. The Balaban J connectivity index is 1.84. The molecule has 264 valence electrons. The molecular formula is C38H43NO2P2S7. The van der Waals surface area contributed by atoms with E-state index < -0.39 is 8.65 Å². The number of nitrogens with one attached hydrogen (secondary N) is 1. The maximum atomic E-state index is 7.16. The van der Waals surface area contributed by atoms with E-state index in [-0.39, 0.29) is 5.92 Å². The van der Waals surface area contributed by atoms with Gasteiger partial charge in [0.15, 0.2) is 0 Å². The minimum Gasteiger partial charge on any atom is -0.465 e. The van der Waals surface area contributed by atoms with Crippen LogP contribution in [0.5, 0.6) is 11.5 Å². The van der Waals surface area contributed by atoms with Crippen molar-refractivity contribution in [3.63, 3.8) is 0 Å². The smallest absolute Gasteiger partial charge is 0.292 e. The minimum atomic E-state index is -1.06. The third-order valence-electron chi connectivity index (χ3n) is 7.80. The quantitative estimate of drug-likeness (QED) is 0.0305. The lowest BCUT2D eigenvalue weighted by molar-refractivity contribution is 0.202. The van der Waals surface area contributed by atoms with Gasteiger partial charge in [0.05, 0.1) is 10.9 Å². The first-order chi connectivity index (χ1) is 24.1. The molecule has 1 N–H and O–H groups in total. The first kappa shape index (κ1) is 41.6. The molecular weight excluding hydrogens is 789 g/mol. The summed E-state index contributed by atoms with van der Waals surface area (Å²) in [6, 6.07) is 33.4. The lowest BCUT2D eigenvalue weighted by Gasteiger charge is -2.41. The van der Waals surface area contributed by atoms with E-state index in [1.807, 2.05) is 24.3 Å². The molecule has 0 spiro atoms. The standard InChI is InChI=1S/C38H43NO2P2S7/c1-6-7-8-9-10-35(37(49-42-45,40-31-19-11-27(2)12-20-31)47-33-23-15-29(4)16-24-33)36(44)39-38(50-43-46,41-32-21-13-28(3)14-22-32)48-34-25-17-30(5)18-26-34/h11-26,35H,6-10H2,1-5H3,(H,39,44). The Bertz CT molecular complexity index is 1580. The number of benzene rings is 4. The van der Waals surface area contributed by atoms with Crippen molar-refractivity contribution < 1.29 is 9.47 Å². The van der Waals surface area contributed by atoms with Gasteiger partial charge in [-0.1, -0.05) is 127 Å². The van der Waals surface area contributed by atoms with E-state index in [1.165, 1.54) is 28.1 Å². The molecule has 0 amide bonds. The highest BCUT2D eigenvalue weighted by molar-refractivity contribution is 8.61. The van der Waals surface area contributed by atoms with E-state index in [9.17, 15) is 0 Å². The van der Waals surface area contributed by atoms with Crippen LogP contribution in [0.4, 0.5) is 0 Å². The second kappa shape index (κ2) is 20.9. The number of hydrogen-bond donors (Lipinski definition) is 1. The van der Waals surface area contributed by atoms with Crippen molar-refractivity contribution in [3.05, 3.63) is 119 Å². The Morgan fingerprint density at radius 3 is 1.58 bits per heavy atom. The Labute approximate surface area is 334 Å². The van der Waals surface area contributed by atoms with Crippen LogP contribution in [0.15, 0.2) is 107 Å².